The molecule has 4 heteroatoms. The van der Waals surface area contributed by atoms with E-state index in [-0.39, 0.29) is 0 Å². The molecule has 0 saturated heterocycles. The highest BCUT2D eigenvalue weighted by Gasteiger charge is 2.23. The first kappa shape index (κ1) is 17.7. The molecule has 0 atom stereocenters. The Kier molecular flexibility index (Phi) is 7.40. The van der Waals surface area contributed by atoms with Gasteiger partial charge >= 0.3 is 0 Å². The van der Waals surface area contributed by atoms with Gasteiger partial charge in [0.2, 0.25) is 10.0 Å². The minimum atomic E-state index is -3.41. The quantitative estimate of drug-likeness (QED) is 0.485. The van der Waals surface area contributed by atoms with Crippen LogP contribution in [0.5, 0.6) is 0 Å². The minimum absolute atomic E-state index is 0.366. The van der Waals surface area contributed by atoms with E-state index in [0.717, 1.165) is 31.2 Å². The van der Waals surface area contributed by atoms with Crippen LogP contribution in [0.4, 0.5) is 0 Å². The molecule has 1 rings (SSSR count). The molecular weight excluding hydrogens is 282 g/mol. The zero-order valence-electron chi connectivity index (χ0n) is 12.8. The number of sulfonamides is 1. The fourth-order valence-electron chi connectivity index (χ4n) is 2.04. The molecule has 0 spiro atoms. The van der Waals surface area contributed by atoms with E-state index in [1.54, 1.807) is 16.4 Å². The summed E-state index contributed by atoms with van der Waals surface area (Å²) in [5, 5.41) is 0. The zero-order chi connectivity index (χ0) is 15.7. The first-order valence-electron chi connectivity index (χ1n) is 7.31. The molecule has 0 bridgehead atoms. The van der Waals surface area contributed by atoms with Crippen LogP contribution in [0.1, 0.15) is 31.2 Å². The van der Waals surface area contributed by atoms with Crippen molar-refractivity contribution in [3.05, 3.63) is 55.1 Å². The number of nitrogens with zero attached hydrogens (tertiary/aromatic N) is 1. The molecule has 0 aliphatic heterocycles. The molecule has 0 aromatic heterocycles. The molecular formula is C17H25NO2S. The molecule has 0 heterocycles. The van der Waals surface area contributed by atoms with Gasteiger partial charge in [-0.3, -0.25) is 0 Å². The molecule has 0 unspecified atom stereocenters. The van der Waals surface area contributed by atoms with Gasteiger partial charge in [0.15, 0.2) is 0 Å². The summed E-state index contributed by atoms with van der Waals surface area (Å²) in [6.07, 6.45) is 6.87. The molecule has 0 N–H and O–H groups in total. The van der Waals surface area contributed by atoms with Crippen molar-refractivity contribution in [2.24, 2.45) is 0 Å². The van der Waals surface area contributed by atoms with Crippen LogP contribution < -0.4 is 0 Å². The van der Waals surface area contributed by atoms with E-state index >= 15 is 0 Å². The van der Waals surface area contributed by atoms with Gasteiger partial charge in [0.1, 0.15) is 0 Å². The first-order chi connectivity index (χ1) is 10.0. The number of rotatable bonds is 10. The van der Waals surface area contributed by atoms with Gasteiger partial charge in [-0.05, 0) is 44.7 Å². The standard InChI is InChI=1S/C17H25NO2S/c1-4-6-8-14-18(15-9-7-5-2)21(19,20)17-12-10-16(3)11-13-17/h4-5,10-13H,1-2,6-9,14-15H2,3H3. The van der Waals surface area contributed by atoms with Crippen LogP contribution in [0.2, 0.25) is 0 Å². The summed E-state index contributed by atoms with van der Waals surface area (Å²) in [6, 6.07) is 7.02. The van der Waals surface area contributed by atoms with Gasteiger partial charge in [0, 0.05) is 13.1 Å². The minimum Gasteiger partial charge on any atom is -0.207 e. The van der Waals surface area contributed by atoms with E-state index in [1.165, 1.54) is 0 Å². The Hall–Kier alpha value is -1.39. The summed E-state index contributed by atoms with van der Waals surface area (Å²) in [7, 11) is -3.41. The normalized spacial score (nSPS) is 11.5. The molecule has 0 amide bonds. The van der Waals surface area contributed by atoms with Crippen LogP contribution >= 0.6 is 0 Å². The third kappa shape index (κ3) is 5.48. The van der Waals surface area contributed by atoms with E-state index in [2.05, 4.69) is 13.2 Å². The number of hydrogen-bond donors (Lipinski definition) is 0. The van der Waals surface area contributed by atoms with E-state index < -0.39 is 10.0 Å². The Bertz CT molecular complexity index is 533. The lowest BCUT2D eigenvalue weighted by atomic mass is 10.2. The Morgan fingerprint density at radius 3 is 1.90 bits per heavy atom. The van der Waals surface area contributed by atoms with E-state index in [4.69, 9.17) is 0 Å². The number of allylic oxidation sites excluding steroid dienone is 2. The van der Waals surface area contributed by atoms with Crippen molar-refractivity contribution in [3.8, 4) is 0 Å². The van der Waals surface area contributed by atoms with Gasteiger partial charge in [-0.15, -0.1) is 13.2 Å². The number of hydrogen-bond acceptors (Lipinski definition) is 2. The average Bonchev–Trinajstić information content (AvgIpc) is 2.46. The molecule has 1 aromatic rings. The second-order valence-electron chi connectivity index (χ2n) is 5.08. The summed E-state index contributed by atoms with van der Waals surface area (Å²) in [4.78, 5) is 0.366. The van der Waals surface area contributed by atoms with Crippen molar-refractivity contribution in [1.82, 2.24) is 4.31 Å². The molecule has 116 valence electrons. The van der Waals surface area contributed by atoms with Crippen molar-refractivity contribution < 1.29 is 8.42 Å². The third-order valence-corrected chi connectivity index (χ3v) is 5.20. The van der Waals surface area contributed by atoms with Crippen molar-refractivity contribution in [3.63, 3.8) is 0 Å². The monoisotopic (exact) mass is 307 g/mol. The number of unbranched alkanes of at least 4 members (excludes halogenated alkanes) is 2. The summed E-state index contributed by atoms with van der Waals surface area (Å²) >= 11 is 0. The maximum atomic E-state index is 12.7. The maximum absolute atomic E-state index is 12.7. The molecule has 1 aromatic carbocycles. The van der Waals surface area contributed by atoms with E-state index in [9.17, 15) is 8.42 Å². The van der Waals surface area contributed by atoms with Crippen LogP contribution in [0, 0.1) is 6.92 Å². The predicted octanol–water partition coefficient (Wildman–Crippen LogP) is 3.92. The second kappa shape index (κ2) is 8.80. The SMILES string of the molecule is C=CCCCN(CCCC=C)S(=O)(=O)c1ccc(C)cc1. The molecule has 0 aliphatic rings. The van der Waals surface area contributed by atoms with Crippen LogP contribution in [-0.2, 0) is 10.0 Å². The topological polar surface area (TPSA) is 37.4 Å². The van der Waals surface area contributed by atoms with Gasteiger partial charge in [0.05, 0.1) is 4.90 Å². The summed E-state index contributed by atoms with van der Waals surface area (Å²) < 4.78 is 27.0. The van der Waals surface area contributed by atoms with Crippen molar-refractivity contribution in [2.75, 3.05) is 13.1 Å². The fraction of sp³-hybridized carbons (Fsp3) is 0.412. The van der Waals surface area contributed by atoms with Gasteiger partial charge in [-0.25, -0.2) is 8.42 Å². The average molecular weight is 307 g/mol. The third-order valence-electron chi connectivity index (χ3n) is 3.29. The number of aryl methyl sites for hydroxylation is 1. The first-order valence-corrected chi connectivity index (χ1v) is 8.75. The summed E-state index contributed by atoms with van der Waals surface area (Å²) in [5.74, 6) is 0. The van der Waals surface area contributed by atoms with E-state index in [0.29, 0.717) is 18.0 Å². The smallest absolute Gasteiger partial charge is 0.207 e. The number of benzene rings is 1. The fourth-order valence-corrected chi connectivity index (χ4v) is 3.55. The van der Waals surface area contributed by atoms with Gasteiger partial charge < -0.3 is 0 Å². The molecule has 0 saturated carbocycles. The Morgan fingerprint density at radius 1 is 1.00 bits per heavy atom. The summed E-state index contributed by atoms with van der Waals surface area (Å²) in [5.41, 5.74) is 1.05. The highest BCUT2D eigenvalue weighted by Crippen LogP contribution is 2.18. The van der Waals surface area contributed by atoms with Crippen LogP contribution in [0.25, 0.3) is 0 Å². The van der Waals surface area contributed by atoms with Gasteiger partial charge in [-0.2, -0.15) is 4.31 Å². The van der Waals surface area contributed by atoms with Crippen LogP contribution in [-0.4, -0.2) is 25.8 Å². The molecule has 0 fully saturated rings. The predicted molar refractivity (Wildman–Crippen MR) is 88.8 cm³/mol. The maximum Gasteiger partial charge on any atom is 0.243 e. The van der Waals surface area contributed by atoms with Crippen LogP contribution in [0.15, 0.2) is 54.5 Å². The van der Waals surface area contributed by atoms with Crippen molar-refractivity contribution in [2.45, 2.75) is 37.5 Å². The molecule has 0 radical (unpaired) electrons. The largest absolute Gasteiger partial charge is 0.243 e. The Labute approximate surface area is 129 Å². The van der Waals surface area contributed by atoms with Crippen molar-refractivity contribution >= 4 is 10.0 Å². The Morgan fingerprint density at radius 2 is 1.48 bits per heavy atom. The lowest BCUT2D eigenvalue weighted by Gasteiger charge is -2.22. The zero-order valence-corrected chi connectivity index (χ0v) is 13.6. The van der Waals surface area contributed by atoms with Crippen molar-refractivity contribution in [1.29, 1.82) is 0 Å². The second-order valence-corrected chi connectivity index (χ2v) is 7.02. The summed E-state index contributed by atoms with van der Waals surface area (Å²) in [6.45, 7) is 10.4. The molecule has 0 aliphatic carbocycles. The highest BCUT2D eigenvalue weighted by molar-refractivity contribution is 7.89. The Balaban J connectivity index is 2.89. The lowest BCUT2D eigenvalue weighted by Crippen LogP contribution is -2.33. The van der Waals surface area contributed by atoms with E-state index in [1.807, 2.05) is 31.2 Å². The molecule has 21 heavy (non-hydrogen) atoms. The lowest BCUT2D eigenvalue weighted by molar-refractivity contribution is 0.400. The van der Waals surface area contributed by atoms with Crippen LogP contribution in [0.3, 0.4) is 0 Å². The highest BCUT2D eigenvalue weighted by atomic mass is 32.2. The van der Waals surface area contributed by atoms with Gasteiger partial charge in [-0.1, -0.05) is 29.8 Å². The molecule has 3 nitrogen and oxygen atoms in total. The van der Waals surface area contributed by atoms with Gasteiger partial charge in [0.25, 0.3) is 0 Å².